The molecule has 0 radical (unpaired) electrons. The van der Waals surface area contributed by atoms with Gasteiger partial charge in [0.2, 0.25) is 5.95 Å². The highest BCUT2D eigenvalue weighted by atomic mass is 127. The zero-order chi connectivity index (χ0) is 16.3. The summed E-state index contributed by atoms with van der Waals surface area (Å²) < 4.78 is 53.0. The average Bonchev–Trinajstić information content (AvgIpc) is 2.41. The van der Waals surface area contributed by atoms with E-state index in [1.807, 2.05) is 22.6 Å². The van der Waals surface area contributed by atoms with E-state index >= 15 is 0 Å². The maximum atomic E-state index is 13.8. The molecule has 1 heterocycles. The van der Waals surface area contributed by atoms with Crippen LogP contribution in [0.1, 0.15) is 12.6 Å². The van der Waals surface area contributed by atoms with Crippen molar-refractivity contribution in [2.45, 2.75) is 13.1 Å². The molecule has 0 amide bonds. The molecule has 2 aromatic rings. The smallest absolute Gasteiger partial charge is 0.354 e. The van der Waals surface area contributed by atoms with Gasteiger partial charge in [-0.05, 0) is 47.7 Å². The molecule has 0 fully saturated rings. The lowest BCUT2D eigenvalue weighted by atomic mass is 10.3. The van der Waals surface area contributed by atoms with E-state index in [1.165, 1.54) is 12.1 Å². The van der Waals surface area contributed by atoms with Crippen LogP contribution in [0.15, 0.2) is 24.3 Å². The van der Waals surface area contributed by atoms with Gasteiger partial charge in [-0.1, -0.05) is 0 Å². The van der Waals surface area contributed by atoms with E-state index in [9.17, 15) is 17.6 Å². The lowest BCUT2D eigenvalue weighted by Gasteiger charge is -2.12. The van der Waals surface area contributed by atoms with Crippen molar-refractivity contribution in [3.63, 3.8) is 0 Å². The van der Waals surface area contributed by atoms with Crippen molar-refractivity contribution in [1.29, 1.82) is 0 Å². The van der Waals surface area contributed by atoms with E-state index < -0.39 is 17.7 Å². The van der Waals surface area contributed by atoms with Gasteiger partial charge in [-0.2, -0.15) is 18.2 Å². The first-order valence-electron chi connectivity index (χ1n) is 6.22. The van der Waals surface area contributed by atoms with Gasteiger partial charge in [-0.15, -0.1) is 0 Å². The van der Waals surface area contributed by atoms with Gasteiger partial charge in [0.25, 0.3) is 0 Å². The van der Waals surface area contributed by atoms with Crippen molar-refractivity contribution in [3.05, 3.63) is 39.3 Å². The van der Waals surface area contributed by atoms with Crippen LogP contribution >= 0.6 is 22.6 Å². The van der Waals surface area contributed by atoms with Crippen molar-refractivity contribution in [3.8, 4) is 0 Å². The second kappa shape index (κ2) is 6.63. The summed E-state index contributed by atoms with van der Waals surface area (Å²) >= 11 is 1.93. The Morgan fingerprint density at radius 3 is 2.50 bits per heavy atom. The third-order valence-corrected chi connectivity index (χ3v) is 3.22. The largest absolute Gasteiger partial charge is 0.433 e. The lowest BCUT2D eigenvalue weighted by Crippen LogP contribution is -2.13. The Morgan fingerprint density at radius 1 is 1.18 bits per heavy atom. The monoisotopic (exact) mass is 426 g/mol. The predicted octanol–water partition coefficient (Wildman–Crippen LogP) is 4.41. The number of nitrogens with one attached hydrogen (secondary N) is 2. The number of aromatic nitrogens is 2. The first-order chi connectivity index (χ1) is 10.3. The summed E-state index contributed by atoms with van der Waals surface area (Å²) in [6.07, 6.45) is -4.62. The van der Waals surface area contributed by atoms with Gasteiger partial charge in [0.05, 0.1) is 5.69 Å². The molecular formula is C13H11F4IN4. The van der Waals surface area contributed by atoms with Gasteiger partial charge < -0.3 is 10.6 Å². The average molecular weight is 426 g/mol. The molecule has 2 rings (SSSR count). The third kappa shape index (κ3) is 4.18. The van der Waals surface area contributed by atoms with Gasteiger partial charge in [0, 0.05) is 16.2 Å². The van der Waals surface area contributed by atoms with Crippen LogP contribution < -0.4 is 10.6 Å². The Balaban J connectivity index is 2.39. The third-order valence-electron chi connectivity index (χ3n) is 2.55. The first-order valence-corrected chi connectivity index (χ1v) is 7.29. The molecule has 0 bridgehead atoms. The zero-order valence-electron chi connectivity index (χ0n) is 11.3. The van der Waals surface area contributed by atoms with E-state index in [-0.39, 0.29) is 17.5 Å². The normalized spacial score (nSPS) is 11.4. The number of nitrogens with zero attached hydrogens (tertiary/aromatic N) is 2. The fourth-order valence-corrected chi connectivity index (χ4v) is 2.08. The molecule has 118 valence electrons. The molecule has 0 aliphatic carbocycles. The van der Waals surface area contributed by atoms with Crippen LogP contribution in [0.2, 0.25) is 0 Å². The van der Waals surface area contributed by atoms with E-state index in [4.69, 9.17) is 0 Å². The van der Waals surface area contributed by atoms with Crippen molar-refractivity contribution in [1.82, 2.24) is 9.97 Å². The first kappa shape index (κ1) is 16.7. The number of rotatable bonds is 4. The molecule has 1 aromatic heterocycles. The molecule has 9 heteroatoms. The van der Waals surface area contributed by atoms with Gasteiger partial charge in [0.15, 0.2) is 5.69 Å². The number of anilines is 3. The lowest BCUT2D eigenvalue weighted by molar-refractivity contribution is -0.141. The Bertz CT molecular complexity index is 676. The van der Waals surface area contributed by atoms with Crippen LogP contribution in [0.4, 0.5) is 35.0 Å². The summed E-state index contributed by atoms with van der Waals surface area (Å²) in [7, 11) is 0. The predicted molar refractivity (Wildman–Crippen MR) is 83.6 cm³/mol. The minimum atomic E-state index is -4.62. The molecule has 0 saturated heterocycles. The molecule has 0 aliphatic rings. The van der Waals surface area contributed by atoms with Crippen molar-refractivity contribution in [2.75, 3.05) is 17.2 Å². The molecule has 2 N–H and O–H groups in total. The summed E-state index contributed by atoms with van der Waals surface area (Å²) in [6.45, 7) is 2.06. The van der Waals surface area contributed by atoms with Gasteiger partial charge in [-0.3, -0.25) is 0 Å². The molecule has 0 aliphatic heterocycles. The Morgan fingerprint density at radius 2 is 1.91 bits per heavy atom. The van der Waals surface area contributed by atoms with Gasteiger partial charge >= 0.3 is 6.18 Å². The van der Waals surface area contributed by atoms with Crippen LogP contribution in [-0.4, -0.2) is 16.5 Å². The van der Waals surface area contributed by atoms with E-state index in [1.54, 1.807) is 13.0 Å². The van der Waals surface area contributed by atoms with E-state index in [2.05, 4.69) is 20.6 Å². The Labute approximate surface area is 137 Å². The zero-order valence-corrected chi connectivity index (χ0v) is 13.5. The highest BCUT2D eigenvalue weighted by Gasteiger charge is 2.33. The van der Waals surface area contributed by atoms with Crippen LogP contribution in [0, 0.1) is 9.39 Å². The van der Waals surface area contributed by atoms with Gasteiger partial charge in [-0.25, -0.2) is 9.37 Å². The molecule has 22 heavy (non-hydrogen) atoms. The molecule has 0 unspecified atom stereocenters. The Kier molecular flexibility index (Phi) is 5.04. The standard InChI is InChI=1S/C13H11F4IN4/c1-2-19-12-21-10(13(15,16)17)6-11(22-12)20-9-4-3-7(18)5-8(9)14/h3-6H,2H2,1H3,(H2,19,20,21,22). The molecule has 4 nitrogen and oxygen atoms in total. The minimum absolute atomic E-state index is 0.0367. The number of hydrogen-bond acceptors (Lipinski definition) is 4. The second-order valence-corrected chi connectivity index (χ2v) is 5.48. The highest BCUT2D eigenvalue weighted by molar-refractivity contribution is 14.1. The molecule has 0 spiro atoms. The number of halogens is 5. The summed E-state index contributed by atoms with van der Waals surface area (Å²) in [4.78, 5) is 7.28. The minimum Gasteiger partial charge on any atom is -0.354 e. The molecule has 0 atom stereocenters. The summed E-state index contributed by atoms with van der Waals surface area (Å²) in [6, 6.07) is 5.06. The molecule has 1 aromatic carbocycles. The van der Waals surface area contributed by atoms with Crippen LogP contribution in [0.25, 0.3) is 0 Å². The molecule has 0 saturated carbocycles. The van der Waals surface area contributed by atoms with Crippen molar-refractivity contribution < 1.29 is 17.6 Å². The van der Waals surface area contributed by atoms with E-state index in [0.29, 0.717) is 10.1 Å². The summed E-state index contributed by atoms with van der Waals surface area (Å²) in [5, 5.41) is 5.15. The maximum absolute atomic E-state index is 13.8. The summed E-state index contributed by atoms with van der Waals surface area (Å²) in [5.41, 5.74) is -1.07. The topological polar surface area (TPSA) is 49.8 Å². The maximum Gasteiger partial charge on any atom is 0.433 e. The fourth-order valence-electron chi connectivity index (χ4n) is 1.62. The van der Waals surface area contributed by atoms with Crippen molar-refractivity contribution in [2.24, 2.45) is 0 Å². The fraction of sp³-hybridized carbons (Fsp3) is 0.231. The van der Waals surface area contributed by atoms with Crippen LogP contribution in [0.5, 0.6) is 0 Å². The number of benzene rings is 1. The SMILES string of the molecule is CCNc1nc(Nc2ccc(I)cc2F)cc(C(F)(F)F)n1. The second-order valence-electron chi connectivity index (χ2n) is 4.24. The highest BCUT2D eigenvalue weighted by Crippen LogP contribution is 2.30. The number of hydrogen-bond donors (Lipinski definition) is 2. The van der Waals surface area contributed by atoms with Gasteiger partial charge in [0.1, 0.15) is 11.6 Å². The van der Waals surface area contributed by atoms with E-state index in [0.717, 1.165) is 6.07 Å². The van der Waals surface area contributed by atoms with Crippen LogP contribution in [0.3, 0.4) is 0 Å². The Hall–Kier alpha value is -1.65. The molecular weight excluding hydrogens is 415 g/mol. The quantitative estimate of drug-likeness (QED) is 0.562. The van der Waals surface area contributed by atoms with Crippen molar-refractivity contribution >= 4 is 40.0 Å². The summed E-state index contributed by atoms with van der Waals surface area (Å²) in [5.74, 6) is -0.895. The van der Waals surface area contributed by atoms with Crippen LogP contribution in [-0.2, 0) is 6.18 Å². The number of alkyl halides is 3.